The van der Waals surface area contributed by atoms with Crippen molar-refractivity contribution in [2.45, 2.75) is 50.4 Å². The molecule has 1 fully saturated rings. The van der Waals surface area contributed by atoms with Gasteiger partial charge in [0.2, 0.25) is 0 Å². The Balaban J connectivity index is 1.29. The van der Waals surface area contributed by atoms with Crippen LogP contribution in [0.15, 0.2) is 61.1 Å². The number of nitrogens with one attached hydrogen (secondary N) is 1. The second-order valence-electron chi connectivity index (χ2n) is 10.3. The van der Waals surface area contributed by atoms with E-state index in [2.05, 4.69) is 21.4 Å². The predicted octanol–water partition coefficient (Wildman–Crippen LogP) is 3.64. The number of hydrogen-bond donors (Lipinski definition) is 4. The van der Waals surface area contributed by atoms with Gasteiger partial charge in [-0.1, -0.05) is 24.3 Å². The van der Waals surface area contributed by atoms with E-state index in [1.807, 2.05) is 39.7 Å². The number of nitrogens with zero attached hydrogens (tertiary/aromatic N) is 5. The van der Waals surface area contributed by atoms with Gasteiger partial charge in [0.05, 0.1) is 30.7 Å². The minimum Gasteiger partial charge on any atom is -0.394 e. The van der Waals surface area contributed by atoms with E-state index in [0.717, 1.165) is 58.9 Å². The van der Waals surface area contributed by atoms with Crippen LogP contribution in [0.3, 0.4) is 0 Å². The maximum Gasteiger partial charge on any atom is 0.164 e. The summed E-state index contributed by atoms with van der Waals surface area (Å²) in [5, 5.41) is 28.9. The number of aliphatic hydroxyl groups excluding tert-OH is 2. The minimum absolute atomic E-state index is 0.168. The van der Waals surface area contributed by atoms with E-state index in [4.69, 9.17) is 15.9 Å². The van der Waals surface area contributed by atoms with Gasteiger partial charge in [-0.25, -0.2) is 19.0 Å². The Morgan fingerprint density at radius 3 is 2.69 bits per heavy atom. The average Bonchev–Trinajstić information content (AvgIpc) is 3.55. The van der Waals surface area contributed by atoms with Crippen LogP contribution in [0, 0.1) is 5.82 Å². The van der Waals surface area contributed by atoms with Crippen molar-refractivity contribution in [1.29, 1.82) is 0 Å². The summed E-state index contributed by atoms with van der Waals surface area (Å²) in [6, 6.07) is 15.5. The second-order valence-corrected chi connectivity index (χ2v) is 10.3. The smallest absolute Gasteiger partial charge is 0.164 e. The lowest BCUT2D eigenvalue weighted by atomic mass is 9.91. The van der Waals surface area contributed by atoms with E-state index in [0.29, 0.717) is 30.5 Å². The Morgan fingerprint density at radius 2 is 1.90 bits per heavy atom. The molecule has 0 bridgehead atoms. The van der Waals surface area contributed by atoms with Crippen LogP contribution in [0.4, 0.5) is 10.2 Å². The van der Waals surface area contributed by atoms with Gasteiger partial charge in [0.25, 0.3) is 0 Å². The summed E-state index contributed by atoms with van der Waals surface area (Å²) in [7, 11) is 0. The number of fused-ring (bicyclic) bond motifs is 2. The zero-order valence-electron chi connectivity index (χ0n) is 21.5. The van der Waals surface area contributed by atoms with E-state index in [9.17, 15) is 9.50 Å². The Morgan fingerprint density at radius 1 is 1.08 bits per heavy atom. The van der Waals surface area contributed by atoms with Crippen LogP contribution >= 0.6 is 0 Å². The molecule has 202 valence electrons. The fourth-order valence-electron chi connectivity index (χ4n) is 5.64. The third kappa shape index (κ3) is 4.98. The second kappa shape index (κ2) is 10.7. The highest BCUT2D eigenvalue weighted by atomic mass is 19.1. The molecule has 39 heavy (non-hydrogen) atoms. The van der Waals surface area contributed by atoms with Crippen LogP contribution in [0.5, 0.6) is 0 Å². The predicted molar refractivity (Wildman–Crippen MR) is 149 cm³/mol. The Bertz CT molecular complexity index is 1610. The van der Waals surface area contributed by atoms with Crippen LogP contribution in [0.25, 0.3) is 33.2 Å². The molecule has 0 unspecified atom stereocenters. The topological polar surface area (TPSA) is 127 Å². The van der Waals surface area contributed by atoms with Crippen LogP contribution < -0.4 is 11.1 Å². The maximum absolute atomic E-state index is 14.2. The molecule has 9 nitrogen and oxygen atoms in total. The molecule has 1 aliphatic rings. The molecule has 6 rings (SSSR count). The molecule has 1 saturated carbocycles. The Kier molecular flexibility index (Phi) is 6.99. The minimum atomic E-state index is -0.742. The van der Waals surface area contributed by atoms with E-state index in [-0.39, 0.29) is 18.5 Å². The number of rotatable bonds is 8. The lowest BCUT2D eigenvalue weighted by molar-refractivity contribution is 0.0895. The molecule has 0 radical (unpaired) electrons. The lowest BCUT2D eigenvalue weighted by Crippen LogP contribution is -2.39. The number of halogens is 1. The highest BCUT2D eigenvalue weighted by Crippen LogP contribution is 2.37. The average molecular weight is 530 g/mol. The summed E-state index contributed by atoms with van der Waals surface area (Å²) in [6.45, 7) is 0.590. The van der Waals surface area contributed by atoms with Crippen molar-refractivity contribution >= 4 is 27.8 Å². The number of benzene rings is 2. The fraction of sp³-hybridized carbons (Fsp3) is 0.345. The number of aliphatic hydroxyl groups is 2. The van der Waals surface area contributed by atoms with Crippen LogP contribution in [0.1, 0.15) is 37.3 Å². The van der Waals surface area contributed by atoms with Gasteiger partial charge in [0, 0.05) is 40.8 Å². The first kappa shape index (κ1) is 25.4. The third-order valence-electron chi connectivity index (χ3n) is 7.76. The summed E-state index contributed by atoms with van der Waals surface area (Å²) < 4.78 is 18.3. The standard InChI is InChI=1S/C29H32FN7O2/c30-24-4-2-1-3-20(24)15-36-12-11-18-13-19(5-10-25(18)36)27-26-28(31)33-17-34-29(26)37(35-27)22-8-6-21(7-9-22)32-14-23(39)16-38/h1-5,10-13,17,21-23,32,38-39H,6-9,14-16H2,(H2,31,33,34)/t21-,22-,23-/m0/s1. The van der Waals surface area contributed by atoms with Crippen molar-refractivity contribution < 1.29 is 14.6 Å². The molecular weight excluding hydrogens is 497 g/mol. The van der Waals surface area contributed by atoms with Crippen molar-refractivity contribution in [3.05, 3.63) is 72.4 Å². The van der Waals surface area contributed by atoms with E-state index in [1.165, 1.54) is 12.4 Å². The van der Waals surface area contributed by atoms with Crippen LogP contribution in [-0.4, -0.2) is 59.8 Å². The molecule has 3 aromatic heterocycles. The molecule has 0 amide bonds. The normalized spacial score (nSPS) is 18.6. The van der Waals surface area contributed by atoms with E-state index >= 15 is 0 Å². The van der Waals surface area contributed by atoms with Crippen LogP contribution in [0.2, 0.25) is 0 Å². The first-order valence-electron chi connectivity index (χ1n) is 13.4. The summed E-state index contributed by atoms with van der Waals surface area (Å²) in [5.74, 6) is 0.183. The fourth-order valence-corrected chi connectivity index (χ4v) is 5.64. The Labute approximate surface area is 225 Å². The van der Waals surface area contributed by atoms with Gasteiger partial charge < -0.3 is 25.8 Å². The molecular formula is C29H32FN7O2. The van der Waals surface area contributed by atoms with Gasteiger partial charge in [-0.2, -0.15) is 5.10 Å². The SMILES string of the molecule is Nc1ncnc2c1c(-c1ccc3c(ccn3Cc3ccccc3F)c1)nn2[C@H]1CC[C@H](NC[C@H](O)CO)CC1. The summed E-state index contributed by atoms with van der Waals surface area (Å²) in [5.41, 5.74) is 10.4. The van der Waals surface area contributed by atoms with Gasteiger partial charge in [-0.05, 0) is 49.9 Å². The zero-order valence-corrected chi connectivity index (χ0v) is 21.5. The largest absolute Gasteiger partial charge is 0.394 e. The van der Waals surface area contributed by atoms with Crippen LogP contribution in [-0.2, 0) is 6.54 Å². The van der Waals surface area contributed by atoms with E-state index in [1.54, 1.807) is 12.1 Å². The molecule has 0 aliphatic heterocycles. The van der Waals surface area contributed by atoms with Crippen molar-refractivity contribution in [1.82, 2.24) is 29.6 Å². The van der Waals surface area contributed by atoms with Gasteiger partial charge in [0.1, 0.15) is 23.7 Å². The quantitative estimate of drug-likeness (QED) is 0.242. The first-order chi connectivity index (χ1) is 19.0. The highest BCUT2D eigenvalue weighted by Gasteiger charge is 2.27. The molecule has 1 aliphatic carbocycles. The maximum atomic E-state index is 14.2. The summed E-state index contributed by atoms with van der Waals surface area (Å²) in [6.07, 6.45) is 6.39. The third-order valence-corrected chi connectivity index (χ3v) is 7.76. The molecule has 2 aromatic carbocycles. The van der Waals surface area contributed by atoms with Crippen molar-refractivity contribution in [3.8, 4) is 11.3 Å². The van der Waals surface area contributed by atoms with Gasteiger partial charge in [-0.3, -0.25) is 0 Å². The molecule has 5 N–H and O–H groups in total. The number of anilines is 1. The Hall–Kier alpha value is -3.86. The molecule has 10 heteroatoms. The lowest BCUT2D eigenvalue weighted by Gasteiger charge is -2.30. The van der Waals surface area contributed by atoms with Crippen molar-refractivity contribution in [3.63, 3.8) is 0 Å². The summed E-state index contributed by atoms with van der Waals surface area (Å²) in [4.78, 5) is 8.82. The summed E-state index contributed by atoms with van der Waals surface area (Å²) >= 11 is 0. The highest BCUT2D eigenvalue weighted by molar-refractivity contribution is 6.00. The van der Waals surface area contributed by atoms with E-state index < -0.39 is 6.10 Å². The molecule has 1 atom stereocenters. The number of nitrogens with two attached hydrogens (primary N) is 1. The zero-order chi connectivity index (χ0) is 26.9. The monoisotopic (exact) mass is 529 g/mol. The molecule has 0 saturated heterocycles. The number of nitrogen functional groups attached to an aromatic ring is 1. The van der Waals surface area contributed by atoms with Gasteiger partial charge in [0.15, 0.2) is 5.65 Å². The number of hydrogen-bond acceptors (Lipinski definition) is 7. The molecule has 5 aromatic rings. The molecule has 0 spiro atoms. The van der Waals surface area contributed by atoms with Gasteiger partial charge in [-0.15, -0.1) is 0 Å². The first-order valence-corrected chi connectivity index (χ1v) is 13.4. The van der Waals surface area contributed by atoms with Crippen molar-refractivity contribution in [2.24, 2.45) is 0 Å². The van der Waals surface area contributed by atoms with Crippen molar-refractivity contribution in [2.75, 3.05) is 18.9 Å². The number of aromatic nitrogens is 5. The van der Waals surface area contributed by atoms with Gasteiger partial charge >= 0.3 is 0 Å². The molecule has 3 heterocycles.